The van der Waals surface area contributed by atoms with Gasteiger partial charge in [0.2, 0.25) is 5.91 Å². The van der Waals surface area contributed by atoms with Crippen molar-refractivity contribution in [2.75, 3.05) is 18.4 Å². The van der Waals surface area contributed by atoms with Crippen LogP contribution in [0, 0.1) is 6.92 Å². The first-order chi connectivity index (χ1) is 14.1. The number of carbonyl (C=O) groups excluding carboxylic acids is 1. The van der Waals surface area contributed by atoms with Gasteiger partial charge in [-0.15, -0.1) is 24.0 Å². The number of aromatic nitrogens is 2. The second kappa shape index (κ2) is 9.92. The van der Waals surface area contributed by atoms with Crippen molar-refractivity contribution in [2.45, 2.75) is 32.7 Å². The van der Waals surface area contributed by atoms with Crippen LogP contribution in [0.15, 0.2) is 53.7 Å². The average Bonchev–Trinajstić information content (AvgIpc) is 3.14. The number of fused-ring (bicyclic) bond motifs is 2. The maximum atomic E-state index is 12.0. The summed E-state index contributed by atoms with van der Waals surface area (Å²) in [6.07, 6.45) is 2.49. The molecule has 0 aliphatic carbocycles. The number of amides is 1. The van der Waals surface area contributed by atoms with Crippen LogP contribution < -0.4 is 16.0 Å². The van der Waals surface area contributed by atoms with E-state index in [9.17, 15) is 4.79 Å². The number of hydrogen-bond acceptors (Lipinski definition) is 3. The molecule has 3 heterocycles. The number of nitrogens with zero attached hydrogens (tertiary/aromatic N) is 3. The molecule has 8 heteroatoms. The average molecular weight is 518 g/mol. The van der Waals surface area contributed by atoms with Crippen LogP contribution in [0.3, 0.4) is 0 Å². The first kappa shape index (κ1) is 22.1. The molecule has 1 aromatic carbocycles. The standard InChI is InChI=1S/C22H26N6O.HI/c1-3-23-22(25-13-17-14-28-15(2)7-6-10-20(28)26-17)24-12-16-11-21(29)27-19-9-5-4-8-18(16)19;/h4-10,14,16H,3,11-13H2,1-2H3,(H,27,29)(H2,23,24,25);1H. The summed E-state index contributed by atoms with van der Waals surface area (Å²) < 4.78 is 2.07. The molecular formula is C22H27IN6O. The van der Waals surface area contributed by atoms with Gasteiger partial charge < -0.3 is 20.4 Å². The summed E-state index contributed by atoms with van der Waals surface area (Å²) in [6.45, 7) is 5.98. The fourth-order valence-electron chi connectivity index (χ4n) is 3.68. The molecule has 1 atom stereocenters. The number of carbonyl (C=O) groups is 1. The molecule has 0 spiro atoms. The van der Waals surface area contributed by atoms with Gasteiger partial charge in [0, 0.05) is 43.0 Å². The number of hydrogen-bond donors (Lipinski definition) is 3. The number of para-hydroxylation sites is 1. The normalized spacial score (nSPS) is 15.9. The molecule has 1 aliphatic heterocycles. The zero-order chi connectivity index (χ0) is 20.2. The number of benzene rings is 1. The zero-order valence-corrected chi connectivity index (χ0v) is 19.5. The van der Waals surface area contributed by atoms with Gasteiger partial charge in [-0.1, -0.05) is 24.3 Å². The van der Waals surface area contributed by atoms with E-state index in [0.717, 1.165) is 40.8 Å². The molecule has 7 nitrogen and oxygen atoms in total. The fourth-order valence-corrected chi connectivity index (χ4v) is 3.68. The second-order valence-electron chi connectivity index (χ2n) is 7.24. The largest absolute Gasteiger partial charge is 0.357 e. The van der Waals surface area contributed by atoms with E-state index in [1.807, 2.05) is 43.5 Å². The van der Waals surface area contributed by atoms with Gasteiger partial charge in [0.05, 0.1) is 12.2 Å². The number of halogens is 1. The highest BCUT2D eigenvalue weighted by molar-refractivity contribution is 14.0. The number of rotatable bonds is 5. The van der Waals surface area contributed by atoms with E-state index in [0.29, 0.717) is 19.5 Å². The van der Waals surface area contributed by atoms with E-state index in [1.54, 1.807) is 0 Å². The van der Waals surface area contributed by atoms with Crippen LogP contribution in [0.2, 0.25) is 0 Å². The lowest BCUT2D eigenvalue weighted by Gasteiger charge is -2.26. The molecule has 1 unspecified atom stereocenters. The lowest BCUT2D eigenvalue weighted by atomic mass is 9.90. The van der Waals surface area contributed by atoms with Crippen LogP contribution in [0.5, 0.6) is 0 Å². The third-order valence-corrected chi connectivity index (χ3v) is 5.11. The lowest BCUT2D eigenvalue weighted by Crippen LogP contribution is -2.40. The van der Waals surface area contributed by atoms with Crippen LogP contribution in [-0.2, 0) is 11.3 Å². The smallest absolute Gasteiger partial charge is 0.225 e. The highest BCUT2D eigenvalue weighted by Gasteiger charge is 2.24. The Hall–Kier alpha value is -2.62. The Balaban J connectivity index is 0.00000256. The molecule has 2 aromatic heterocycles. The van der Waals surface area contributed by atoms with Crippen molar-refractivity contribution in [3.63, 3.8) is 0 Å². The molecule has 0 saturated carbocycles. The Kier molecular flexibility index (Phi) is 7.30. The predicted octanol–water partition coefficient (Wildman–Crippen LogP) is 3.44. The predicted molar refractivity (Wildman–Crippen MR) is 131 cm³/mol. The number of aliphatic imine (C=N–C) groups is 1. The third-order valence-electron chi connectivity index (χ3n) is 5.11. The summed E-state index contributed by atoms with van der Waals surface area (Å²) in [7, 11) is 0. The molecular weight excluding hydrogens is 491 g/mol. The minimum atomic E-state index is 0. The van der Waals surface area contributed by atoms with Crippen molar-refractivity contribution in [3.8, 4) is 0 Å². The monoisotopic (exact) mass is 518 g/mol. The van der Waals surface area contributed by atoms with Crippen molar-refractivity contribution in [2.24, 2.45) is 4.99 Å². The number of imidazole rings is 1. The molecule has 0 bridgehead atoms. The molecule has 0 fully saturated rings. The van der Waals surface area contributed by atoms with E-state index in [4.69, 9.17) is 0 Å². The summed E-state index contributed by atoms with van der Waals surface area (Å²) in [6, 6.07) is 14.0. The SMILES string of the molecule is CCNC(=NCc1cn2c(C)cccc2n1)NCC1CC(=O)Nc2ccccc21.I. The Morgan fingerprint density at radius 1 is 1.23 bits per heavy atom. The summed E-state index contributed by atoms with van der Waals surface area (Å²) in [5.74, 6) is 0.893. The summed E-state index contributed by atoms with van der Waals surface area (Å²) in [5.41, 5.74) is 5.05. The Bertz CT molecular complexity index is 1060. The Morgan fingerprint density at radius 2 is 2.07 bits per heavy atom. The number of pyridine rings is 1. The van der Waals surface area contributed by atoms with E-state index >= 15 is 0 Å². The quantitative estimate of drug-likeness (QED) is 0.275. The summed E-state index contributed by atoms with van der Waals surface area (Å²) >= 11 is 0. The lowest BCUT2D eigenvalue weighted by molar-refractivity contribution is -0.116. The first-order valence-electron chi connectivity index (χ1n) is 9.98. The molecule has 0 radical (unpaired) electrons. The first-order valence-corrected chi connectivity index (χ1v) is 9.98. The van der Waals surface area contributed by atoms with Gasteiger partial charge in [-0.3, -0.25) is 4.79 Å². The Morgan fingerprint density at radius 3 is 2.87 bits per heavy atom. The van der Waals surface area contributed by atoms with Crippen molar-refractivity contribution in [3.05, 3.63) is 65.6 Å². The maximum absolute atomic E-state index is 12.0. The van der Waals surface area contributed by atoms with E-state index in [1.165, 1.54) is 0 Å². The number of aryl methyl sites for hydroxylation is 1. The molecule has 158 valence electrons. The van der Waals surface area contributed by atoms with E-state index < -0.39 is 0 Å². The summed E-state index contributed by atoms with van der Waals surface area (Å²) in [4.78, 5) is 21.4. The van der Waals surface area contributed by atoms with Crippen molar-refractivity contribution < 1.29 is 4.79 Å². The van der Waals surface area contributed by atoms with E-state index in [2.05, 4.69) is 49.4 Å². The topological polar surface area (TPSA) is 82.8 Å². The molecule has 1 aliphatic rings. The van der Waals surface area contributed by atoms with Crippen molar-refractivity contribution >= 4 is 47.2 Å². The minimum Gasteiger partial charge on any atom is -0.357 e. The van der Waals surface area contributed by atoms with Crippen molar-refractivity contribution in [1.82, 2.24) is 20.0 Å². The fraction of sp³-hybridized carbons (Fsp3) is 0.318. The molecule has 3 aromatic rings. The third kappa shape index (κ3) is 4.92. The number of guanidine groups is 1. The molecule has 3 N–H and O–H groups in total. The zero-order valence-electron chi connectivity index (χ0n) is 17.2. The molecule has 0 saturated heterocycles. The highest BCUT2D eigenvalue weighted by atomic mass is 127. The van der Waals surface area contributed by atoms with Gasteiger partial charge >= 0.3 is 0 Å². The second-order valence-corrected chi connectivity index (χ2v) is 7.24. The molecule has 4 rings (SSSR count). The number of anilines is 1. The van der Waals surface area contributed by atoms with Gasteiger partial charge in [0.25, 0.3) is 0 Å². The van der Waals surface area contributed by atoms with Gasteiger partial charge in [-0.25, -0.2) is 9.98 Å². The van der Waals surface area contributed by atoms with E-state index in [-0.39, 0.29) is 35.8 Å². The Labute approximate surface area is 193 Å². The summed E-state index contributed by atoms with van der Waals surface area (Å²) in [5, 5.41) is 9.61. The van der Waals surface area contributed by atoms with Crippen LogP contribution in [0.25, 0.3) is 5.65 Å². The van der Waals surface area contributed by atoms with Crippen LogP contribution in [-0.4, -0.2) is 34.3 Å². The van der Waals surface area contributed by atoms with Gasteiger partial charge in [-0.05, 0) is 37.6 Å². The highest BCUT2D eigenvalue weighted by Crippen LogP contribution is 2.31. The molecule has 1 amide bonds. The van der Waals surface area contributed by atoms with Gasteiger partial charge in [0.1, 0.15) is 5.65 Å². The number of nitrogens with one attached hydrogen (secondary N) is 3. The maximum Gasteiger partial charge on any atom is 0.225 e. The minimum absolute atomic E-state index is 0. The van der Waals surface area contributed by atoms with Crippen LogP contribution in [0.1, 0.15) is 36.2 Å². The molecule has 30 heavy (non-hydrogen) atoms. The van der Waals surface area contributed by atoms with Gasteiger partial charge in [-0.2, -0.15) is 0 Å². The van der Waals surface area contributed by atoms with Crippen LogP contribution >= 0.6 is 24.0 Å². The van der Waals surface area contributed by atoms with Crippen LogP contribution in [0.4, 0.5) is 5.69 Å². The van der Waals surface area contributed by atoms with Gasteiger partial charge in [0.15, 0.2) is 5.96 Å². The van der Waals surface area contributed by atoms with Crippen molar-refractivity contribution in [1.29, 1.82) is 0 Å².